The van der Waals surface area contributed by atoms with Crippen LogP contribution in [0.15, 0.2) is 54.6 Å². The summed E-state index contributed by atoms with van der Waals surface area (Å²) in [5.74, 6) is 2.32. The fraction of sp³-hybridized carbons (Fsp3) is 0.350. The Morgan fingerprint density at radius 3 is 2.52 bits per heavy atom. The van der Waals surface area contributed by atoms with Crippen molar-refractivity contribution in [1.82, 2.24) is 4.90 Å². The van der Waals surface area contributed by atoms with Gasteiger partial charge in [-0.1, -0.05) is 48.5 Å². The molecule has 0 bridgehead atoms. The van der Waals surface area contributed by atoms with Crippen LogP contribution in [0.4, 0.5) is 5.69 Å². The molecule has 2 aromatic carbocycles. The average molecular weight is 356 g/mol. The van der Waals surface area contributed by atoms with Crippen LogP contribution in [0.5, 0.6) is 0 Å². The number of hydrogen-bond donors (Lipinski definition) is 2. The van der Waals surface area contributed by atoms with Crippen molar-refractivity contribution in [2.45, 2.75) is 19.0 Å². The number of rotatable bonds is 6. The van der Waals surface area contributed by atoms with Gasteiger partial charge in [-0.25, -0.2) is 0 Å². The molecule has 1 aliphatic rings. The van der Waals surface area contributed by atoms with Crippen LogP contribution in [-0.2, 0) is 11.3 Å². The van der Waals surface area contributed by atoms with Crippen LogP contribution in [0.1, 0.15) is 23.6 Å². The van der Waals surface area contributed by atoms with Gasteiger partial charge in [0.15, 0.2) is 0 Å². The number of carbonyl (C=O) groups excluding carboxylic acids is 1. The van der Waals surface area contributed by atoms with E-state index in [-0.39, 0.29) is 18.4 Å². The van der Waals surface area contributed by atoms with E-state index >= 15 is 0 Å². The lowest BCUT2D eigenvalue weighted by Crippen LogP contribution is -2.32. The van der Waals surface area contributed by atoms with E-state index in [4.69, 9.17) is 5.73 Å². The second kappa shape index (κ2) is 9.04. The van der Waals surface area contributed by atoms with Crippen molar-refractivity contribution in [2.24, 2.45) is 5.73 Å². The number of hydrogen-bond acceptors (Lipinski definition) is 4. The van der Waals surface area contributed by atoms with E-state index in [1.54, 1.807) is 0 Å². The normalized spacial score (nSPS) is 16.4. The summed E-state index contributed by atoms with van der Waals surface area (Å²) in [5, 5.41) is 3.05. The molecule has 25 heavy (non-hydrogen) atoms. The topological polar surface area (TPSA) is 58.4 Å². The lowest BCUT2D eigenvalue weighted by Gasteiger charge is -2.27. The van der Waals surface area contributed by atoms with Crippen molar-refractivity contribution in [3.8, 4) is 0 Å². The summed E-state index contributed by atoms with van der Waals surface area (Å²) in [7, 11) is 0. The number of nitrogens with two attached hydrogens (primary N) is 1. The maximum Gasteiger partial charge on any atom is 0.226 e. The summed E-state index contributed by atoms with van der Waals surface area (Å²) in [6, 6.07) is 17.5. The van der Waals surface area contributed by atoms with Crippen LogP contribution in [0.25, 0.3) is 0 Å². The maximum absolute atomic E-state index is 12.4. The minimum atomic E-state index is -0.285. The molecule has 2 aromatic rings. The number of amides is 1. The Hall–Kier alpha value is -1.82. The first-order valence-electron chi connectivity index (χ1n) is 8.71. The monoisotopic (exact) mass is 355 g/mol. The van der Waals surface area contributed by atoms with Gasteiger partial charge in [-0.05, 0) is 17.2 Å². The molecule has 0 spiro atoms. The third-order valence-electron chi connectivity index (χ3n) is 4.42. The molecule has 4 nitrogen and oxygen atoms in total. The predicted molar refractivity (Wildman–Crippen MR) is 106 cm³/mol. The van der Waals surface area contributed by atoms with Gasteiger partial charge in [-0.3, -0.25) is 9.69 Å². The number of nitrogens with one attached hydrogen (secondary N) is 1. The van der Waals surface area contributed by atoms with E-state index in [1.807, 2.05) is 60.3 Å². The molecule has 1 saturated heterocycles. The fourth-order valence-electron chi connectivity index (χ4n) is 3.00. The third kappa shape index (κ3) is 5.33. The summed E-state index contributed by atoms with van der Waals surface area (Å²) in [6.07, 6.45) is 0.276. The largest absolute Gasteiger partial charge is 0.326 e. The van der Waals surface area contributed by atoms with Gasteiger partial charge in [-0.15, -0.1) is 0 Å². The van der Waals surface area contributed by atoms with Crippen LogP contribution >= 0.6 is 11.8 Å². The first-order chi connectivity index (χ1) is 12.2. The lowest BCUT2D eigenvalue weighted by atomic mass is 10.0. The van der Waals surface area contributed by atoms with Crippen LogP contribution < -0.4 is 11.1 Å². The van der Waals surface area contributed by atoms with Crippen LogP contribution in [0, 0.1) is 0 Å². The molecule has 3 N–H and O–H groups in total. The second-order valence-corrected chi connectivity index (χ2v) is 7.54. The standard InChI is InChI=1S/C20H25N3OS/c21-18(16-6-2-1-3-7-16)14-20(24)22-19-9-5-4-8-17(19)15-23-10-12-25-13-11-23/h1-9,18H,10-15,21H2,(H,22,24). The molecule has 0 saturated carbocycles. The van der Waals surface area contributed by atoms with Gasteiger partial charge in [0.1, 0.15) is 0 Å². The summed E-state index contributed by atoms with van der Waals surface area (Å²) < 4.78 is 0. The molecule has 1 unspecified atom stereocenters. The van der Waals surface area contributed by atoms with Crippen molar-refractivity contribution < 1.29 is 4.79 Å². The van der Waals surface area contributed by atoms with E-state index in [9.17, 15) is 4.79 Å². The number of nitrogens with zero attached hydrogens (tertiary/aromatic N) is 1. The highest BCUT2D eigenvalue weighted by molar-refractivity contribution is 7.99. The molecule has 0 aromatic heterocycles. The van der Waals surface area contributed by atoms with Gasteiger partial charge in [0.25, 0.3) is 0 Å². The maximum atomic E-state index is 12.4. The quantitative estimate of drug-likeness (QED) is 0.835. The van der Waals surface area contributed by atoms with Crippen molar-refractivity contribution in [3.05, 3.63) is 65.7 Å². The Bertz CT molecular complexity index is 686. The molecule has 1 fully saturated rings. The number of carbonyl (C=O) groups is 1. The Morgan fingerprint density at radius 1 is 1.08 bits per heavy atom. The highest BCUT2D eigenvalue weighted by Gasteiger charge is 2.15. The lowest BCUT2D eigenvalue weighted by molar-refractivity contribution is -0.116. The number of para-hydroxylation sites is 1. The molecule has 3 rings (SSSR count). The average Bonchev–Trinajstić information content (AvgIpc) is 2.65. The van der Waals surface area contributed by atoms with Gasteiger partial charge in [-0.2, -0.15) is 11.8 Å². The molecular formula is C20H25N3OS. The molecule has 1 aliphatic heterocycles. The SMILES string of the molecule is NC(CC(=O)Nc1ccccc1CN1CCSCC1)c1ccccc1. The minimum absolute atomic E-state index is 0.0435. The van der Waals surface area contributed by atoms with Gasteiger partial charge in [0, 0.05) is 49.3 Å². The molecule has 0 aliphatic carbocycles. The van der Waals surface area contributed by atoms with E-state index < -0.39 is 0 Å². The summed E-state index contributed by atoms with van der Waals surface area (Å²) in [4.78, 5) is 14.9. The molecular weight excluding hydrogens is 330 g/mol. The van der Waals surface area contributed by atoms with Crippen molar-refractivity contribution >= 4 is 23.4 Å². The van der Waals surface area contributed by atoms with Crippen LogP contribution in [0.2, 0.25) is 0 Å². The Balaban J connectivity index is 1.61. The van der Waals surface area contributed by atoms with E-state index in [0.717, 1.165) is 36.4 Å². The fourth-order valence-corrected chi connectivity index (χ4v) is 3.98. The molecule has 0 radical (unpaired) electrons. The highest BCUT2D eigenvalue weighted by atomic mass is 32.2. The Kier molecular flexibility index (Phi) is 6.50. The molecule has 1 atom stereocenters. The molecule has 1 amide bonds. The van der Waals surface area contributed by atoms with Crippen LogP contribution in [0.3, 0.4) is 0 Å². The summed E-state index contributed by atoms with van der Waals surface area (Å²) >= 11 is 2.00. The molecule has 132 valence electrons. The van der Waals surface area contributed by atoms with Gasteiger partial charge >= 0.3 is 0 Å². The number of benzene rings is 2. The van der Waals surface area contributed by atoms with E-state index in [2.05, 4.69) is 16.3 Å². The highest BCUT2D eigenvalue weighted by Crippen LogP contribution is 2.21. The van der Waals surface area contributed by atoms with Crippen LogP contribution in [-0.4, -0.2) is 35.4 Å². The molecule has 1 heterocycles. The molecule has 5 heteroatoms. The van der Waals surface area contributed by atoms with Crippen molar-refractivity contribution in [3.63, 3.8) is 0 Å². The second-order valence-electron chi connectivity index (χ2n) is 6.32. The van der Waals surface area contributed by atoms with Gasteiger partial charge in [0.2, 0.25) is 5.91 Å². The third-order valence-corrected chi connectivity index (χ3v) is 5.36. The number of thioether (sulfide) groups is 1. The zero-order valence-corrected chi connectivity index (χ0v) is 15.2. The van der Waals surface area contributed by atoms with Crippen molar-refractivity contribution in [2.75, 3.05) is 29.9 Å². The van der Waals surface area contributed by atoms with E-state index in [0.29, 0.717) is 0 Å². The summed E-state index contributed by atoms with van der Waals surface area (Å²) in [6.45, 7) is 3.08. The van der Waals surface area contributed by atoms with Gasteiger partial charge < -0.3 is 11.1 Å². The Labute approximate surface area is 153 Å². The Morgan fingerprint density at radius 2 is 1.76 bits per heavy atom. The summed E-state index contributed by atoms with van der Waals surface area (Å²) in [5.41, 5.74) is 9.21. The van der Waals surface area contributed by atoms with Gasteiger partial charge in [0.05, 0.1) is 0 Å². The smallest absolute Gasteiger partial charge is 0.226 e. The van der Waals surface area contributed by atoms with Crippen molar-refractivity contribution in [1.29, 1.82) is 0 Å². The first-order valence-corrected chi connectivity index (χ1v) is 9.86. The van der Waals surface area contributed by atoms with E-state index in [1.165, 1.54) is 11.5 Å². The predicted octanol–water partition coefficient (Wildman–Crippen LogP) is 3.26. The zero-order chi connectivity index (χ0) is 17.5. The first kappa shape index (κ1) is 18.0. The number of anilines is 1. The zero-order valence-electron chi connectivity index (χ0n) is 14.4. The minimum Gasteiger partial charge on any atom is -0.326 e.